The molecule has 22 heavy (non-hydrogen) atoms. The number of carbonyl (C=O) groups excluding carboxylic acids is 2. The Kier molecular flexibility index (Phi) is 3.74. The van der Waals surface area contributed by atoms with Gasteiger partial charge >= 0.3 is 0 Å². The Labute approximate surface area is 136 Å². The first-order chi connectivity index (χ1) is 10.3. The van der Waals surface area contributed by atoms with Gasteiger partial charge in [0.05, 0.1) is 17.5 Å². The standard InChI is InChI=1S/C13H14BrN3O4S/c1-22(20,21)16-4-5-17-11(7-16)12(18)15-10-3-2-8(14)6-9(10)13(17)19/h2-3,6,11H,4-5,7H2,1H3,(H,15,18). The number of hydrogen-bond donors (Lipinski definition) is 1. The molecular formula is C13H14BrN3O4S. The molecule has 1 saturated heterocycles. The largest absolute Gasteiger partial charge is 0.324 e. The normalized spacial score (nSPS) is 22.6. The molecule has 118 valence electrons. The lowest BCUT2D eigenvalue weighted by molar-refractivity contribution is -0.121. The number of nitrogens with zero attached hydrogens (tertiary/aromatic N) is 2. The van der Waals surface area contributed by atoms with E-state index in [-0.39, 0.29) is 31.4 Å². The number of piperazine rings is 1. The van der Waals surface area contributed by atoms with Gasteiger partial charge in [0.2, 0.25) is 15.9 Å². The average Bonchev–Trinajstić information content (AvgIpc) is 2.55. The molecule has 2 aliphatic heterocycles. The fraction of sp³-hybridized carbons (Fsp3) is 0.385. The van der Waals surface area contributed by atoms with Crippen LogP contribution in [0.4, 0.5) is 5.69 Å². The Hall–Kier alpha value is -1.45. The van der Waals surface area contributed by atoms with Crippen LogP contribution in [0.1, 0.15) is 10.4 Å². The number of sulfonamides is 1. The third kappa shape index (κ3) is 2.64. The molecule has 3 rings (SSSR count). The van der Waals surface area contributed by atoms with Crippen LogP contribution in [-0.4, -0.2) is 61.4 Å². The summed E-state index contributed by atoms with van der Waals surface area (Å²) in [7, 11) is -3.40. The molecule has 0 bridgehead atoms. The summed E-state index contributed by atoms with van der Waals surface area (Å²) < 4.78 is 25.3. The summed E-state index contributed by atoms with van der Waals surface area (Å²) in [6, 6.07) is 4.23. The van der Waals surface area contributed by atoms with Crippen LogP contribution in [0.2, 0.25) is 0 Å². The van der Waals surface area contributed by atoms with E-state index in [2.05, 4.69) is 21.2 Å². The Morgan fingerprint density at radius 1 is 1.27 bits per heavy atom. The number of rotatable bonds is 1. The third-order valence-corrected chi connectivity index (χ3v) is 5.61. The number of hydrogen-bond acceptors (Lipinski definition) is 4. The van der Waals surface area contributed by atoms with Gasteiger partial charge in [-0.25, -0.2) is 8.42 Å². The molecule has 7 nitrogen and oxygen atoms in total. The number of halogens is 1. The number of fused-ring (bicyclic) bond motifs is 2. The summed E-state index contributed by atoms with van der Waals surface area (Å²) in [5, 5.41) is 2.71. The van der Waals surface area contributed by atoms with Gasteiger partial charge < -0.3 is 10.2 Å². The van der Waals surface area contributed by atoms with Crippen molar-refractivity contribution in [1.29, 1.82) is 0 Å². The van der Waals surface area contributed by atoms with Crippen molar-refractivity contribution >= 4 is 43.5 Å². The van der Waals surface area contributed by atoms with Crippen molar-refractivity contribution in [2.75, 3.05) is 31.2 Å². The van der Waals surface area contributed by atoms with Crippen LogP contribution in [0.5, 0.6) is 0 Å². The van der Waals surface area contributed by atoms with E-state index in [4.69, 9.17) is 0 Å². The van der Waals surface area contributed by atoms with Crippen LogP contribution in [0.15, 0.2) is 22.7 Å². The minimum Gasteiger partial charge on any atom is -0.324 e. The van der Waals surface area contributed by atoms with E-state index >= 15 is 0 Å². The monoisotopic (exact) mass is 387 g/mol. The molecule has 1 aromatic rings. The van der Waals surface area contributed by atoms with Crippen molar-refractivity contribution in [3.05, 3.63) is 28.2 Å². The molecule has 0 radical (unpaired) electrons. The van der Waals surface area contributed by atoms with Crippen molar-refractivity contribution < 1.29 is 18.0 Å². The van der Waals surface area contributed by atoms with Gasteiger partial charge in [-0.2, -0.15) is 4.31 Å². The summed E-state index contributed by atoms with van der Waals surface area (Å²) in [4.78, 5) is 26.5. The SMILES string of the molecule is CS(=O)(=O)N1CCN2C(=O)c3cc(Br)ccc3NC(=O)C2C1. The molecule has 2 amide bonds. The molecule has 1 fully saturated rings. The summed E-state index contributed by atoms with van der Waals surface area (Å²) in [5.41, 5.74) is 0.844. The fourth-order valence-corrected chi connectivity index (χ4v) is 3.89. The number of benzene rings is 1. The average molecular weight is 388 g/mol. The maximum absolute atomic E-state index is 12.7. The Bertz CT molecular complexity index is 765. The molecule has 1 aromatic carbocycles. The van der Waals surface area contributed by atoms with Crippen LogP contribution in [0.3, 0.4) is 0 Å². The van der Waals surface area contributed by atoms with Gasteiger partial charge in [0.15, 0.2) is 0 Å². The van der Waals surface area contributed by atoms with Crippen molar-refractivity contribution in [2.45, 2.75) is 6.04 Å². The molecule has 1 unspecified atom stereocenters. The molecular weight excluding hydrogens is 374 g/mol. The summed E-state index contributed by atoms with van der Waals surface area (Å²) >= 11 is 3.31. The number of anilines is 1. The van der Waals surface area contributed by atoms with Crippen LogP contribution in [0, 0.1) is 0 Å². The van der Waals surface area contributed by atoms with E-state index in [0.717, 1.165) is 10.7 Å². The lowest BCUT2D eigenvalue weighted by Gasteiger charge is -2.38. The Balaban J connectivity index is 1.99. The zero-order chi connectivity index (χ0) is 16.1. The first-order valence-electron chi connectivity index (χ1n) is 6.64. The van der Waals surface area contributed by atoms with Crippen LogP contribution in [-0.2, 0) is 14.8 Å². The maximum atomic E-state index is 12.7. The van der Waals surface area contributed by atoms with Crippen LogP contribution >= 0.6 is 15.9 Å². The minimum atomic E-state index is -3.40. The second kappa shape index (κ2) is 5.32. The van der Waals surface area contributed by atoms with Gasteiger partial charge in [0.1, 0.15) is 6.04 Å². The lowest BCUT2D eigenvalue weighted by atomic mass is 10.1. The van der Waals surface area contributed by atoms with Gasteiger partial charge in [0, 0.05) is 24.1 Å². The van der Waals surface area contributed by atoms with Crippen LogP contribution < -0.4 is 5.32 Å². The van der Waals surface area contributed by atoms with E-state index in [1.807, 2.05) is 0 Å². The zero-order valence-electron chi connectivity index (χ0n) is 11.7. The predicted molar refractivity (Wildman–Crippen MR) is 84.0 cm³/mol. The van der Waals surface area contributed by atoms with E-state index in [1.165, 1.54) is 9.21 Å². The van der Waals surface area contributed by atoms with E-state index in [0.29, 0.717) is 11.3 Å². The highest BCUT2D eigenvalue weighted by molar-refractivity contribution is 9.10. The van der Waals surface area contributed by atoms with Gasteiger partial charge in [0.25, 0.3) is 5.91 Å². The summed E-state index contributed by atoms with van der Waals surface area (Å²) in [6.07, 6.45) is 1.10. The molecule has 2 aliphatic rings. The first kappa shape index (κ1) is 15.4. The smallest absolute Gasteiger partial charge is 0.256 e. The number of carbonyl (C=O) groups is 2. The highest BCUT2D eigenvalue weighted by Gasteiger charge is 2.41. The van der Waals surface area contributed by atoms with Gasteiger partial charge in [-0.15, -0.1) is 0 Å². The number of nitrogens with one attached hydrogen (secondary N) is 1. The Morgan fingerprint density at radius 2 is 2.00 bits per heavy atom. The fourth-order valence-electron chi connectivity index (χ4n) is 2.70. The topological polar surface area (TPSA) is 86.8 Å². The van der Waals surface area contributed by atoms with Crippen molar-refractivity contribution in [3.8, 4) is 0 Å². The molecule has 0 saturated carbocycles. The highest BCUT2D eigenvalue weighted by Crippen LogP contribution is 2.28. The maximum Gasteiger partial charge on any atom is 0.256 e. The summed E-state index contributed by atoms with van der Waals surface area (Å²) in [5.74, 6) is -0.643. The van der Waals surface area contributed by atoms with Crippen LogP contribution in [0.25, 0.3) is 0 Å². The Morgan fingerprint density at radius 3 is 2.68 bits per heavy atom. The van der Waals surface area contributed by atoms with E-state index in [1.54, 1.807) is 18.2 Å². The lowest BCUT2D eigenvalue weighted by Crippen LogP contribution is -2.59. The molecule has 0 aromatic heterocycles. The molecule has 1 atom stereocenters. The van der Waals surface area contributed by atoms with Crippen molar-refractivity contribution in [3.63, 3.8) is 0 Å². The van der Waals surface area contributed by atoms with Gasteiger partial charge in [-0.3, -0.25) is 9.59 Å². The van der Waals surface area contributed by atoms with Crippen molar-refractivity contribution in [1.82, 2.24) is 9.21 Å². The second-order valence-corrected chi connectivity index (χ2v) is 8.21. The minimum absolute atomic E-state index is 0.0223. The quantitative estimate of drug-likeness (QED) is 0.759. The van der Waals surface area contributed by atoms with E-state index < -0.39 is 16.1 Å². The van der Waals surface area contributed by atoms with Gasteiger partial charge in [-0.05, 0) is 18.2 Å². The molecule has 0 aliphatic carbocycles. The zero-order valence-corrected chi connectivity index (χ0v) is 14.1. The molecule has 2 heterocycles. The molecule has 0 spiro atoms. The first-order valence-corrected chi connectivity index (χ1v) is 9.28. The van der Waals surface area contributed by atoms with E-state index in [9.17, 15) is 18.0 Å². The highest BCUT2D eigenvalue weighted by atomic mass is 79.9. The van der Waals surface area contributed by atoms with Gasteiger partial charge in [-0.1, -0.05) is 15.9 Å². The molecule has 1 N–H and O–H groups in total. The second-order valence-electron chi connectivity index (χ2n) is 5.31. The third-order valence-electron chi connectivity index (χ3n) is 3.85. The molecule has 9 heteroatoms. The predicted octanol–water partition coefficient (Wildman–Crippen LogP) is 0.487. The van der Waals surface area contributed by atoms with Crippen molar-refractivity contribution in [2.24, 2.45) is 0 Å². The number of amides is 2. The summed E-state index contributed by atoms with van der Waals surface area (Å²) in [6.45, 7) is 0.360.